The molecule has 2 N–H and O–H groups in total. The number of H-pyrrole nitrogens is 1. The number of esters is 1. The van der Waals surface area contributed by atoms with Crippen molar-refractivity contribution < 1.29 is 14.6 Å². The van der Waals surface area contributed by atoms with E-state index in [0.717, 1.165) is 10.4 Å². The zero-order valence-corrected chi connectivity index (χ0v) is 15.3. The average Bonchev–Trinajstić information content (AvgIpc) is 2.82. The molecule has 0 spiro atoms. The van der Waals surface area contributed by atoms with Crippen LogP contribution in [0.2, 0.25) is 5.02 Å². The normalized spacial score (nSPS) is 12.3. The minimum Gasteiger partial charge on any atom is -0.507 e. The molecule has 25 heavy (non-hydrogen) atoms. The van der Waals surface area contributed by atoms with Crippen molar-refractivity contribution in [2.24, 2.45) is 0 Å². The number of carbonyl (C=O) groups is 1. The Bertz CT molecular complexity index is 1040. The number of phenolic OH excluding ortho intramolecular Hbond substituents is 1. The van der Waals surface area contributed by atoms with Gasteiger partial charge in [-0.1, -0.05) is 11.6 Å². The van der Waals surface area contributed by atoms with E-state index in [9.17, 15) is 14.7 Å². The summed E-state index contributed by atoms with van der Waals surface area (Å²) in [7, 11) is 0. The van der Waals surface area contributed by atoms with Crippen molar-refractivity contribution in [1.82, 2.24) is 9.97 Å². The minimum absolute atomic E-state index is 0.0116. The van der Waals surface area contributed by atoms with Gasteiger partial charge in [-0.05, 0) is 44.5 Å². The summed E-state index contributed by atoms with van der Waals surface area (Å²) in [5, 5.41) is 10.7. The maximum Gasteiger partial charge on any atom is 0.342 e. The molecule has 0 bridgehead atoms. The van der Waals surface area contributed by atoms with Gasteiger partial charge in [-0.3, -0.25) is 4.79 Å². The van der Waals surface area contributed by atoms with E-state index in [-0.39, 0.29) is 22.7 Å². The Kier molecular flexibility index (Phi) is 4.53. The molecule has 0 unspecified atom stereocenters. The minimum atomic E-state index is -0.789. The fraction of sp³-hybridized carbons (Fsp3) is 0.235. The standard InChI is InChI=1S/C17H15ClN2O4S/c1-7-9(3)25-16-13(7)15(22)19-14(20-16)8(2)24-17(23)11-5-4-10(18)6-12(11)21/h4-6,8,21H,1-3H3,(H,19,20,22)/t8-/m1/s1. The van der Waals surface area contributed by atoms with Crippen LogP contribution in [0.25, 0.3) is 10.2 Å². The highest BCUT2D eigenvalue weighted by Crippen LogP contribution is 2.28. The Morgan fingerprint density at radius 3 is 2.80 bits per heavy atom. The van der Waals surface area contributed by atoms with Crippen LogP contribution in [0.4, 0.5) is 0 Å². The molecule has 0 fully saturated rings. The molecule has 2 aromatic heterocycles. The molecular weight excluding hydrogens is 364 g/mol. The number of phenols is 1. The van der Waals surface area contributed by atoms with Crippen molar-refractivity contribution in [1.29, 1.82) is 0 Å². The Hall–Kier alpha value is -2.38. The van der Waals surface area contributed by atoms with Gasteiger partial charge in [-0.2, -0.15) is 0 Å². The monoisotopic (exact) mass is 378 g/mol. The molecule has 1 aromatic carbocycles. The number of hydrogen-bond donors (Lipinski definition) is 2. The first-order valence-corrected chi connectivity index (χ1v) is 8.66. The van der Waals surface area contributed by atoms with Crippen LogP contribution in [0, 0.1) is 13.8 Å². The molecule has 0 aliphatic heterocycles. The third-order valence-electron chi connectivity index (χ3n) is 3.91. The van der Waals surface area contributed by atoms with Gasteiger partial charge < -0.3 is 14.8 Å². The molecule has 1 atom stereocenters. The van der Waals surface area contributed by atoms with E-state index in [1.807, 2.05) is 13.8 Å². The summed E-state index contributed by atoms with van der Waals surface area (Å²) >= 11 is 7.17. The first-order valence-electron chi connectivity index (χ1n) is 7.47. The van der Waals surface area contributed by atoms with Crippen molar-refractivity contribution in [2.75, 3.05) is 0 Å². The second kappa shape index (κ2) is 6.50. The maximum atomic E-state index is 12.3. The molecule has 3 aromatic rings. The predicted molar refractivity (Wildman–Crippen MR) is 96.7 cm³/mol. The molecule has 0 saturated heterocycles. The van der Waals surface area contributed by atoms with Gasteiger partial charge in [0.25, 0.3) is 5.56 Å². The number of ether oxygens (including phenoxy) is 1. The third kappa shape index (κ3) is 3.25. The number of rotatable bonds is 3. The Morgan fingerprint density at radius 1 is 1.40 bits per heavy atom. The quantitative estimate of drug-likeness (QED) is 0.675. The smallest absolute Gasteiger partial charge is 0.342 e. The van der Waals surface area contributed by atoms with E-state index in [0.29, 0.717) is 15.2 Å². The van der Waals surface area contributed by atoms with Crippen molar-refractivity contribution in [2.45, 2.75) is 26.9 Å². The fourth-order valence-electron chi connectivity index (χ4n) is 2.42. The molecule has 3 rings (SSSR count). The number of aromatic amines is 1. The van der Waals surface area contributed by atoms with Crippen molar-refractivity contribution in [3.05, 3.63) is 55.4 Å². The van der Waals surface area contributed by atoms with Gasteiger partial charge in [0.15, 0.2) is 11.9 Å². The van der Waals surface area contributed by atoms with Crippen LogP contribution in [-0.2, 0) is 4.74 Å². The van der Waals surface area contributed by atoms with Gasteiger partial charge in [0, 0.05) is 9.90 Å². The average molecular weight is 379 g/mol. The van der Waals surface area contributed by atoms with E-state index in [1.54, 1.807) is 6.92 Å². The van der Waals surface area contributed by atoms with Crippen LogP contribution in [0.5, 0.6) is 5.75 Å². The van der Waals surface area contributed by atoms with Crippen molar-refractivity contribution in [3.63, 3.8) is 0 Å². The van der Waals surface area contributed by atoms with Crippen molar-refractivity contribution in [3.8, 4) is 5.75 Å². The molecule has 0 amide bonds. The van der Waals surface area contributed by atoms with E-state index in [1.165, 1.54) is 29.5 Å². The fourth-order valence-corrected chi connectivity index (χ4v) is 3.62. The number of nitrogens with zero attached hydrogens (tertiary/aromatic N) is 1. The molecule has 0 radical (unpaired) electrons. The van der Waals surface area contributed by atoms with Gasteiger partial charge in [-0.15, -0.1) is 11.3 Å². The van der Waals surface area contributed by atoms with Crippen LogP contribution >= 0.6 is 22.9 Å². The van der Waals surface area contributed by atoms with Crippen LogP contribution < -0.4 is 5.56 Å². The second-order valence-electron chi connectivity index (χ2n) is 5.62. The summed E-state index contributed by atoms with van der Waals surface area (Å²) in [6.45, 7) is 5.40. The maximum absolute atomic E-state index is 12.3. The number of benzene rings is 1. The lowest BCUT2D eigenvalue weighted by Gasteiger charge is -2.13. The van der Waals surface area contributed by atoms with Crippen LogP contribution in [0.1, 0.15) is 39.7 Å². The molecule has 0 aliphatic carbocycles. The van der Waals surface area contributed by atoms with Gasteiger partial charge in [0.1, 0.15) is 16.1 Å². The number of aromatic hydroxyl groups is 1. The highest BCUT2D eigenvalue weighted by Gasteiger charge is 2.20. The lowest BCUT2D eigenvalue weighted by molar-refractivity contribution is 0.0317. The van der Waals surface area contributed by atoms with Crippen LogP contribution in [0.15, 0.2) is 23.0 Å². The lowest BCUT2D eigenvalue weighted by Crippen LogP contribution is -2.17. The highest BCUT2D eigenvalue weighted by atomic mass is 35.5. The number of halogens is 1. The zero-order valence-electron chi connectivity index (χ0n) is 13.7. The first-order chi connectivity index (χ1) is 11.8. The summed E-state index contributed by atoms with van der Waals surface area (Å²) < 4.78 is 5.31. The number of nitrogens with one attached hydrogen (secondary N) is 1. The zero-order chi connectivity index (χ0) is 18.3. The number of carbonyl (C=O) groups excluding carboxylic acids is 1. The van der Waals surface area contributed by atoms with Gasteiger partial charge in [-0.25, -0.2) is 9.78 Å². The number of fused-ring (bicyclic) bond motifs is 1. The van der Waals surface area contributed by atoms with Crippen LogP contribution in [0.3, 0.4) is 0 Å². The van der Waals surface area contributed by atoms with E-state index in [4.69, 9.17) is 16.3 Å². The lowest BCUT2D eigenvalue weighted by atomic mass is 10.2. The van der Waals surface area contributed by atoms with Gasteiger partial charge in [0.2, 0.25) is 0 Å². The topological polar surface area (TPSA) is 92.3 Å². The summed E-state index contributed by atoms with van der Waals surface area (Å²) in [5.74, 6) is -0.755. The summed E-state index contributed by atoms with van der Waals surface area (Å²) in [6, 6.07) is 4.11. The molecule has 130 valence electrons. The SMILES string of the molecule is Cc1sc2nc([C@@H](C)OC(=O)c3ccc(Cl)cc3O)[nH]c(=O)c2c1C. The third-order valence-corrected chi connectivity index (χ3v) is 5.24. The Morgan fingerprint density at radius 2 is 2.12 bits per heavy atom. The Labute approximate surface area is 152 Å². The predicted octanol–water partition coefficient (Wildman–Crippen LogP) is 3.88. The number of aryl methyl sites for hydroxylation is 2. The van der Waals surface area contributed by atoms with E-state index in [2.05, 4.69) is 9.97 Å². The molecule has 8 heteroatoms. The summed E-state index contributed by atoms with van der Waals surface area (Å²) in [5.41, 5.74) is 0.623. The molecule has 0 saturated carbocycles. The first kappa shape index (κ1) is 17.4. The molecule has 6 nitrogen and oxygen atoms in total. The second-order valence-corrected chi connectivity index (χ2v) is 7.26. The summed E-state index contributed by atoms with van der Waals surface area (Å²) in [6.07, 6.45) is -0.789. The van der Waals surface area contributed by atoms with E-state index >= 15 is 0 Å². The van der Waals surface area contributed by atoms with E-state index < -0.39 is 12.1 Å². The number of hydrogen-bond acceptors (Lipinski definition) is 6. The molecular formula is C17H15ClN2O4S. The Balaban J connectivity index is 1.90. The largest absolute Gasteiger partial charge is 0.507 e. The molecule has 0 aliphatic rings. The van der Waals surface area contributed by atoms with Crippen molar-refractivity contribution >= 4 is 39.1 Å². The number of aromatic nitrogens is 2. The molecule has 2 heterocycles. The van der Waals surface area contributed by atoms with Gasteiger partial charge >= 0.3 is 5.97 Å². The number of thiophene rings is 1. The van der Waals surface area contributed by atoms with Crippen LogP contribution in [-0.4, -0.2) is 21.0 Å². The highest BCUT2D eigenvalue weighted by molar-refractivity contribution is 7.18. The summed E-state index contributed by atoms with van der Waals surface area (Å²) in [4.78, 5) is 33.2. The van der Waals surface area contributed by atoms with Gasteiger partial charge in [0.05, 0.1) is 5.39 Å².